The Kier molecular flexibility index (Phi) is 16.2. The Labute approximate surface area is 432 Å². The van der Waals surface area contributed by atoms with E-state index in [0.29, 0.717) is 37.7 Å². The molecule has 74 heavy (non-hydrogen) atoms. The molecule has 0 spiro atoms. The third kappa shape index (κ3) is 9.25. The van der Waals surface area contributed by atoms with Crippen molar-refractivity contribution in [1.29, 1.82) is 0 Å². The average Bonchev–Trinajstić information content (AvgIpc) is 3.33. The lowest BCUT2D eigenvalue weighted by molar-refractivity contribution is -0.365. The van der Waals surface area contributed by atoms with Gasteiger partial charge in [-0.2, -0.15) is 0 Å². The summed E-state index contributed by atoms with van der Waals surface area (Å²) in [5.74, 6) is -2.43. The monoisotopic (exact) mass is 1060 g/mol. The van der Waals surface area contributed by atoms with Gasteiger partial charge in [-0.1, -0.05) is 66.2 Å². The number of aliphatic carboxylic acids is 1. The topological polar surface area (TPSA) is 342 Å². The van der Waals surface area contributed by atoms with Crippen molar-refractivity contribution in [2.45, 2.75) is 224 Å². The third-order valence-corrected chi connectivity index (χ3v) is 20.4. The maximum Gasteiger partial charge on any atom is 0.335 e. The lowest BCUT2D eigenvalue weighted by Crippen LogP contribution is -2.70. The first-order valence-corrected chi connectivity index (χ1v) is 26.5. The van der Waals surface area contributed by atoms with Gasteiger partial charge in [0.15, 0.2) is 25.0 Å². The van der Waals surface area contributed by atoms with E-state index in [4.69, 9.17) is 33.2 Å². The van der Waals surface area contributed by atoms with Gasteiger partial charge in [0.05, 0.1) is 37.4 Å². The molecule has 3 aliphatic heterocycles. The Morgan fingerprint density at radius 3 is 1.88 bits per heavy atom. The number of carboxylic acids is 1. The second-order valence-electron chi connectivity index (χ2n) is 25.2. The van der Waals surface area contributed by atoms with Crippen LogP contribution in [0.2, 0.25) is 0 Å². The molecule has 21 heteroatoms. The fraction of sp³-hybridized carbons (Fsp3) is 0.887. The largest absolute Gasteiger partial charge is 0.479 e. The van der Waals surface area contributed by atoms with E-state index >= 15 is 0 Å². The van der Waals surface area contributed by atoms with Gasteiger partial charge < -0.3 is 94.4 Å². The second-order valence-corrected chi connectivity index (χ2v) is 25.2. The molecule has 3 heterocycles. The highest BCUT2D eigenvalue weighted by Crippen LogP contribution is 2.76. The molecule has 3 saturated heterocycles. The summed E-state index contributed by atoms with van der Waals surface area (Å²) in [5, 5.41) is 130. The Bertz CT molecular complexity index is 2110. The summed E-state index contributed by atoms with van der Waals surface area (Å²) in [7, 11) is 0. The molecule has 0 aromatic rings. The molecular formula is C53H84O21. The first kappa shape index (κ1) is 57.9. The molecule has 0 aromatic carbocycles. The fourth-order valence-electron chi connectivity index (χ4n) is 15.8. The number of carbonyl (C=O) groups is 2. The van der Waals surface area contributed by atoms with E-state index in [1.807, 2.05) is 0 Å². The molecule has 0 aromatic heterocycles. The Morgan fingerprint density at radius 1 is 0.689 bits per heavy atom. The summed E-state index contributed by atoms with van der Waals surface area (Å²) in [5.41, 5.74) is -2.05. The van der Waals surface area contributed by atoms with Gasteiger partial charge in [0.1, 0.15) is 73.2 Å². The fourth-order valence-corrected chi connectivity index (χ4v) is 15.8. The quantitative estimate of drug-likeness (QED) is 0.0536. The van der Waals surface area contributed by atoms with E-state index in [-0.39, 0.29) is 35.7 Å². The summed E-state index contributed by atoms with van der Waals surface area (Å²) in [4.78, 5) is 26.3. The van der Waals surface area contributed by atoms with Crippen LogP contribution in [0.4, 0.5) is 0 Å². The molecule has 7 fully saturated rings. The third-order valence-electron chi connectivity index (χ3n) is 20.4. The summed E-state index contributed by atoms with van der Waals surface area (Å²) >= 11 is 0. The molecule has 0 unspecified atom stereocenters. The molecule has 5 aliphatic carbocycles. The number of allylic oxidation sites excluding steroid dienone is 3. The van der Waals surface area contributed by atoms with Crippen LogP contribution in [0.1, 0.15) is 114 Å². The van der Waals surface area contributed by atoms with Gasteiger partial charge in [0.25, 0.3) is 0 Å². The lowest BCUT2D eigenvalue weighted by Gasteiger charge is -2.72. The first-order chi connectivity index (χ1) is 34.5. The number of hydrogen-bond acceptors (Lipinski definition) is 20. The molecule has 8 rings (SSSR count). The zero-order chi connectivity index (χ0) is 54.6. The number of esters is 1. The van der Waals surface area contributed by atoms with Crippen molar-refractivity contribution in [2.24, 2.45) is 50.2 Å². The van der Waals surface area contributed by atoms with Crippen molar-refractivity contribution < 1.29 is 104 Å². The minimum Gasteiger partial charge on any atom is -0.479 e. The molecule has 8 aliphatic rings. The summed E-state index contributed by atoms with van der Waals surface area (Å²) in [6.07, 6.45) is -19.7. The summed E-state index contributed by atoms with van der Waals surface area (Å²) in [6.45, 7) is 17.0. The number of aliphatic hydroxyl groups is 11. The standard InChI is InChI=1S/C53H84O21/c1-10-23(2)44(67)71-32-19-48(3,4)17-25-24-11-12-29-50(7)15-14-31(72-47-40(64)41(39(63)42(74-47)43(65)66)73-46-38(62)36(60)34(58)27(21-55)70-46)49(5,6)28(50)13-16-51(29,8)52(24,9)18-30(56)53(25,32)22-68-45-37(61)35(59)33(57)26(20-54)69-45/h10-11,25-42,45-47,54-64H,12-22H2,1-9H3,(H,65,66)/b23-10+/t25-,26+,27+,28-,29+,30-,31-,32-,33+,34+,35-,36-,37+,38+,39-,40+,41-,42-,45+,46-,47+,50-,51+,52+,53-/m0/s1. The Morgan fingerprint density at radius 2 is 1.28 bits per heavy atom. The van der Waals surface area contributed by atoms with E-state index in [1.54, 1.807) is 19.9 Å². The number of carbonyl (C=O) groups excluding carboxylic acids is 1. The van der Waals surface area contributed by atoms with Gasteiger partial charge in [-0.25, -0.2) is 9.59 Å². The number of aliphatic hydroxyl groups excluding tert-OH is 11. The van der Waals surface area contributed by atoms with Gasteiger partial charge in [-0.15, -0.1) is 0 Å². The van der Waals surface area contributed by atoms with Crippen LogP contribution in [0.15, 0.2) is 23.3 Å². The number of carboxylic acid groups (broad SMARTS) is 1. The predicted octanol–water partition coefficient (Wildman–Crippen LogP) is 0.165. The van der Waals surface area contributed by atoms with Crippen LogP contribution < -0.4 is 0 Å². The highest BCUT2D eigenvalue weighted by atomic mass is 16.7. The van der Waals surface area contributed by atoms with Gasteiger partial charge in [0.2, 0.25) is 0 Å². The summed E-state index contributed by atoms with van der Waals surface area (Å²) < 4.78 is 42.3. The molecule has 21 nitrogen and oxygen atoms in total. The van der Waals surface area contributed by atoms with Crippen molar-refractivity contribution >= 4 is 11.9 Å². The van der Waals surface area contributed by atoms with Crippen LogP contribution in [0, 0.1) is 50.2 Å². The molecule has 0 radical (unpaired) electrons. The maximum absolute atomic E-state index is 13.8. The number of fused-ring (bicyclic) bond motifs is 7. The maximum atomic E-state index is 13.8. The van der Waals surface area contributed by atoms with E-state index in [9.17, 15) is 70.9 Å². The highest BCUT2D eigenvalue weighted by molar-refractivity contribution is 5.87. The number of hydrogen-bond donors (Lipinski definition) is 12. The van der Waals surface area contributed by atoms with E-state index in [0.717, 1.165) is 18.4 Å². The zero-order valence-corrected chi connectivity index (χ0v) is 44.1. The Hall–Kier alpha value is -2.26. The van der Waals surface area contributed by atoms with Crippen LogP contribution in [0.5, 0.6) is 0 Å². The smallest absolute Gasteiger partial charge is 0.335 e. The van der Waals surface area contributed by atoms with Gasteiger partial charge >= 0.3 is 11.9 Å². The van der Waals surface area contributed by atoms with Crippen LogP contribution in [0.3, 0.4) is 0 Å². The first-order valence-electron chi connectivity index (χ1n) is 26.5. The van der Waals surface area contributed by atoms with E-state index in [1.165, 1.54) is 0 Å². The van der Waals surface area contributed by atoms with Crippen LogP contribution in [-0.4, -0.2) is 203 Å². The van der Waals surface area contributed by atoms with Crippen molar-refractivity contribution in [3.8, 4) is 0 Å². The van der Waals surface area contributed by atoms with Gasteiger partial charge in [-0.3, -0.25) is 0 Å². The van der Waals surface area contributed by atoms with Crippen molar-refractivity contribution in [1.82, 2.24) is 0 Å². The zero-order valence-electron chi connectivity index (χ0n) is 44.1. The van der Waals surface area contributed by atoms with Crippen LogP contribution in [-0.2, 0) is 42.7 Å². The molecule has 4 saturated carbocycles. The predicted molar refractivity (Wildman–Crippen MR) is 257 cm³/mol. The molecule has 12 N–H and O–H groups in total. The minimum atomic E-state index is -2.00. The van der Waals surface area contributed by atoms with Crippen LogP contribution in [0.25, 0.3) is 0 Å². The van der Waals surface area contributed by atoms with Gasteiger partial charge in [0, 0.05) is 5.57 Å². The molecule has 0 bridgehead atoms. The highest BCUT2D eigenvalue weighted by Gasteiger charge is 2.72. The number of rotatable bonds is 12. The van der Waals surface area contributed by atoms with E-state index in [2.05, 4.69) is 54.5 Å². The minimum absolute atomic E-state index is 0.0138. The van der Waals surface area contributed by atoms with Gasteiger partial charge in [-0.05, 0) is 110 Å². The summed E-state index contributed by atoms with van der Waals surface area (Å²) in [6, 6.07) is 0. The molecule has 25 atom stereocenters. The normalized spacial score (nSPS) is 51.1. The lowest BCUT2D eigenvalue weighted by atomic mass is 9.33. The molecular weight excluding hydrogens is 973 g/mol. The second kappa shape index (κ2) is 20.8. The van der Waals surface area contributed by atoms with Crippen molar-refractivity contribution in [3.05, 3.63) is 23.3 Å². The van der Waals surface area contributed by atoms with Crippen molar-refractivity contribution in [2.75, 3.05) is 19.8 Å². The average molecular weight is 1060 g/mol. The Balaban J connectivity index is 1.08. The van der Waals surface area contributed by atoms with E-state index < -0.39 is 163 Å². The van der Waals surface area contributed by atoms with Crippen LogP contribution >= 0.6 is 0 Å². The molecule has 422 valence electrons. The number of ether oxygens (including phenoxy) is 7. The molecule has 0 amide bonds. The van der Waals surface area contributed by atoms with Crippen molar-refractivity contribution in [3.63, 3.8) is 0 Å². The SMILES string of the molecule is C/C=C(\C)C(=O)O[C@H]1CC(C)(C)C[C@H]2C3=CC[C@@H]4[C@@]5(C)CC[C@H](O[C@@H]6O[C@H](C(=O)O)[C@@H](O)[C@H](O[C@@H]7O[C@H](CO)[C@@H](O)[C@H](O)[C@H]7O)[C@H]6O)C(C)(C)[C@@H]5CC[C@@]4(C)[C@]3(C)C[C@H](O)[C@@]12CO[C@@H]1O[C@H](CO)[C@@H](O)[C@H](O)[C@H]1O.